The third-order valence-corrected chi connectivity index (χ3v) is 5.70. The van der Waals surface area contributed by atoms with E-state index >= 15 is 0 Å². The zero-order valence-corrected chi connectivity index (χ0v) is 14.3. The minimum Gasteiger partial charge on any atom is -0.276 e. The van der Waals surface area contributed by atoms with Gasteiger partial charge in [-0.3, -0.25) is 9.47 Å². The standard InChI is InChI=1S/C17H18N4S2/c22-17-20(14-6-2-1-3-7-14)12-18-21(17)13-19-10-4-8-15(19)16-9-5-11-23-16/h1-3,5-7,9,11-12,15H,4,8,10,13H2/t15-/m0/s1. The van der Waals surface area contributed by atoms with Gasteiger partial charge in [0.1, 0.15) is 6.33 Å². The van der Waals surface area contributed by atoms with Crippen LogP contribution in [0.3, 0.4) is 0 Å². The second-order valence-corrected chi connectivity index (χ2v) is 7.09. The minimum absolute atomic E-state index is 0.499. The Morgan fingerprint density at radius 1 is 1.17 bits per heavy atom. The Morgan fingerprint density at radius 2 is 2.04 bits per heavy atom. The topological polar surface area (TPSA) is 26.0 Å². The second kappa shape index (κ2) is 6.39. The average Bonchev–Trinajstić information content (AvgIpc) is 3.31. The van der Waals surface area contributed by atoms with E-state index in [1.54, 1.807) is 0 Å². The third kappa shape index (κ3) is 2.89. The van der Waals surface area contributed by atoms with Gasteiger partial charge in [0, 0.05) is 23.2 Å². The van der Waals surface area contributed by atoms with Gasteiger partial charge in [0.05, 0.1) is 6.67 Å². The number of para-hydroxylation sites is 1. The van der Waals surface area contributed by atoms with Gasteiger partial charge >= 0.3 is 0 Å². The number of nitrogens with zero attached hydrogens (tertiary/aromatic N) is 4. The van der Waals surface area contributed by atoms with Crippen molar-refractivity contribution in [3.8, 4) is 5.69 Å². The summed E-state index contributed by atoms with van der Waals surface area (Å²) in [6, 6.07) is 15.0. The lowest BCUT2D eigenvalue weighted by Crippen LogP contribution is -2.26. The highest BCUT2D eigenvalue weighted by molar-refractivity contribution is 7.71. The Hall–Kier alpha value is -1.76. The molecule has 0 N–H and O–H groups in total. The maximum Gasteiger partial charge on any atom is 0.203 e. The van der Waals surface area contributed by atoms with E-state index in [0.717, 1.165) is 23.7 Å². The SMILES string of the molecule is S=c1n(-c2ccccc2)cnn1CN1CCC[C@H]1c1cccs1. The molecule has 0 bridgehead atoms. The first kappa shape index (κ1) is 14.8. The highest BCUT2D eigenvalue weighted by Gasteiger charge is 2.27. The fraction of sp³-hybridized carbons (Fsp3) is 0.294. The Kier molecular flexibility index (Phi) is 4.11. The van der Waals surface area contributed by atoms with Crippen LogP contribution in [0.15, 0.2) is 54.2 Å². The van der Waals surface area contributed by atoms with Crippen molar-refractivity contribution in [1.82, 2.24) is 19.2 Å². The largest absolute Gasteiger partial charge is 0.276 e. The van der Waals surface area contributed by atoms with Crippen LogP contribution < -0.4 is 0 Å². The summed E-state index contributed by atoms with van der Waals surface area (Å²) in [6.07, 6.45) is 4.26. The monoisotopic (exact) mass is 342 g/mol. The molecule has 6 heteroatoms. The van der Waals surface area contributed by atoms with Gasteiger partial charge in [0.15, 0.2) is 0 Å². The molecule has 118 valence electrons. The second-order valence-electron chi connectivity index (χ2n) is 5.75. The fourth-order valence-electron chi connectivity index (χ4n) is 3.17. The van der Waals surface area contributed by atoms with Crippen molar-refractivity contribution in [3.63, 3.8) is 0 Å². The Labute approximate surface area is 144 Å². The zero-order valence-electron chi connectivity index (χ0n) is 12.7. The van der Waals surface area contributed by atoms with E-state index in [1.165, 1.54) is 17.7 Å². The van der Waals surface area contributed by atoms with Gasteiger partial charge in [-0.15, -0.1) is 11.3 Å². The molecule has 1 aromatic carbocycles. The van der Waals surface area contributed by atoms with E-state index in [-0.39, 0.29) is 0 Å². The lowest BCUT2D eigenvalue weighted by molar-refractivity contribution is 0.192. The molecule has 0 unspecified atom stereocenters. The maximum absolute atomic E-state index is 5.62. The smallest absolute Gasteiger partial charge is 0.203 e. The van der Waals surface area contributed by atoms with Crippen LogP contribution in [0.25, 0.3) is 5.69 Å². The number of hydrogen-bond acceptors (Lipinski definition) is 4. The van der Waals surface area contributed by atoms with Gasteiger partial charge in [0.25, 0.3) is 0 Å². The molecule has 3 heterocycles. The number of thiophene rings is 1. The van der Waals surface area contributed by atoms with Crippen LogP contribution in [0.2, 0.25) is 0 Å². The van der Waals surface area contributed by atoms with Gasteiger partial charge in [0.2, 0.25) is 4.77 Å². The molecule has 0 radical (unpaired) electrons. The van der Waals surface area contributed by atoms with Crippen molar-refractivity contribution in [2.24, 2.45) is 0 Å². The van der Waals surface area contributed by atoms with Crippen LogP contribution >= 0.6 is 23.6 Å². The highest BCUT2D eigenvalue weighted by atomic mass is 32.1. The number of hydrogen-bond donors (Lipinski definition) is 0. The number of likely N-dealkylation sites (tertiary alicyclic amines) is 1. The summed E-state index contributed by atoms with van der Waals surface area (Å²) in [4.78, 5) is 3.92. The molecule has 1 atom stereocenters. The van der Waals surface area contributed by atoms with Crippen LogP contribution in [0, 0.1) is 4.77 Å². The average molecular weight is 342 g/mol. The highest BCUT2D eigenvalue weighted by Crippen LogP contribution is 2.34. The molecule has 0 amide bonds. The molecule has 0 spiro atoms. The van der Waals surface area contributed by atoms with Crippen molar-refractivity contribution < 1.29 is 0 Å². The molecule has 1 fully saturated rings. The van der Waals surface area contributed by atoms with E-state index in [2.05, 4.69) is 27.5 Å². The molecular weight excluding hydrogens is 324 g/mol. The van der Waals surface area contributed by atoms with E-state index in [1.807, 2.05) is 57.2 Å². The lowest BCUT2D eigenvalue weighted by Gasteiger charge is -2.23. The molecule has 3 aromatic rings. The molecular formula is C17H18N4S2. The summed E-state index contributed by atoms with van der Waals surface area (Å²) in [5.41, 5.74) is 1.06. The molecule has 1 saturated heterocycles. The number of rotatable bonds is 4. The van der Waals surface area contributed by atoms with E-state index < -0.39 is 0 Å². The number of benzene rings is 1. The molecule has 1 aliphatic rings. The van der Waals surface area contributed by atoms with Gasteiger partial charge in [-0.1, -0.05) is 24.3 Å². The predicted octanol–water partition coefficient (Wildman–Crippen LogP) is 4.26. The van der Waals surface area contributed by atoms with Crippen LogP contribution in [-0.2, 0) is 6.67 Å². The van der Waals surface area contributed by atoms with E-state index in [9.17, 15) is 0 Å². The molecule has 2 aromatic heterocycles. The van der Waals surface area contributed by atoms with E-state index in [4.69, 9.17) is 12.2 Å². The van der Waals surface area contributed by atoms with Crippen molar-refractivity contribution in [3.05, 3.63) is 63.8 Å². The zero-order chi connectivity index (χ0) is 15.6. The fourth-order valence-corrected chi connectivity index (χ4v) is 4.32. The summed E-state index contributed by atoms with van der Waals surface area (Å²) in [7, 11) is 0. The first-order valence-corrected chi connectivity index (χ1v) is 9.09. The quantitative estimate of drug-likeness (QED) is 0.663. The molecule has 0 aliphatic carbocycles. The van der Waals surface area contributed by atoms with Crippen molar-refractivity contribution >= 4 is 23.6 Å². The van der Waals surface area contributed by atoms with Crippen molar-refractivity contribution in [2.75, 3.05) is 6.54 Å². The van der Waals surface area contributed by atoms with Crippen LogP contribution in [0.1, 0.15) is 23.8 Å². The molecule has 4 nitrogen and oxygen atoms in total. The van der Waals surface area contributed by atoms with Crippen LogP contribution in [0.5, 0.6) is 0 Å². The first-order chi connectivity index (χ1) is 11.3. The molecule has 23 heavy (non-hydrogen) atoms. The molecule has 0 saturated carbocycles. The Balaban J connectivity index is 1.58. The Morgan fingerprint density at radius 3 is 2.83 bits per heavy atom. The summed E-state index contributed by atoms with van der Waals surface area (Å²) >= 11 is 7.46. The van der Waals surface area contributed by atoms with Crippen molar-refractivity contribution in [2.45, 2.75) is 25.6 Å². The first-order valence-electron chi connectivity index (χ1n) is 7.80. The molecule has 1 aliphatic heterocycles. The minimum atomic E-state index is 0.499. The molecule has 4 rings (SSSR count). The predicted molar refractivity (Wildman–Crippen MR) is 95.4 cm³/mol. The van der Waals surface area contributed by atoms with Gasteiger partial charge in [-0.25, -0.2) is 4.68 Å². The summed E-state index contributed by atoms with van der Waals surface area (Å²) in [6.45, 7) is 1.85. The Bertz CT molecular complexity index is 820. The summed E-state index contributed by atoms with van der Waals surface area (Å²) < 4.78 is 4.63. The van der Waals surface area contributed by atoms with Gasteiger partial charge in [-0.2, -0.15) is 5.10 Å². The van der Waals surface area contributed by atoms with Gasteiger partial charge in [-0.05, 0) is 48.6 Å². The van der Waals surface area contributed by atoms with Crippen molar-refractivity contribution in [1.29, 1.82) is 0 Å². The maximum atomic E-state index is 5.62. The normalized spacial score (nSPS) is 18.5. The number of aromatic nitrogens is 3. The third-order valence-electron chi connectivity index (χ3n) is 4.32. The van der Waals surface area contributed by atoms with Gasteiger partial charge < -0.3 is 0 Å². The summed E-state index contributed by atoms with van der Waals surface area (Å²) in [5.74, 6) is 0. The van der Waals surface area contributed by atoms with Crippen LogP contribution in [-0.4, -0.2) is 25.8 Å². The summed E-state index contributed by atoms with van der Waals surface area (Å²) in [5, 5.41) is 6.66. The van der Waals surface area contributed by atoms with E-state index in [0.29, 0.717) is 6.04 Å². The lowest BCUT2D eigenvalue weighted by atomic mass is 10.2. The van der Waals surface area contributed by atoms with Crippen LogP contribution in [0.4, 0.5) is 0 Å².